The Balaban J connectivity index is 3.09. The lowest BCUT2D eigenvalue weighted by atomic mass is 9.38. The fourth-order valence-corrected chi connectivity index (χ4v) is 6.69. The van der Waals surface area contributed by atoms with Crippen molar-refractivity contribution in [3.8, 4) is 0 Å². The number of ketones is 3. The van der Waals surface area contributed by atoms with Crippen molar-refractivity contribution in [2.75, 3.05) is 0 Å². The Morgan fingerprint density at radius 2 is 1.44 bits per heavy atom. The molecule has 1 unspecified atom stereocenters. The summed E-state index contributed by atoms with van der Waals surface area (Å²) in [5.74, 6) is -2.39. The van der Waals surface area contributed by atoms with Crippen molar-refractivity contribution in [2.45, 2.75) is 115 Å². The molecule has 216 valence electrons. The summed E-state index contributed by atoms with van der Waals surface area (Å²) in [4.78, 5) is 44.2. The first kappa shape index (κ1) is 32.7. The largest absolute Gasteiger partial charge is 0.874 e. The Morgan fingerprint density at radius 1 is 0.897 bits per heavy atom. The summed E-state index contributed by atoms with van der Waals surface area (Å²) < 4.78 is 0. The Kier molecular flexibility index (Phi) is 10.4. The van der Waals surface area contributed by atoms with Crippen LogP contribution < -0.4 is 5.11 Å². The molecule has 0 aliphatic heterocycles. The maximum atomic E-state index is 15.0. The molecule has 39 heavy (non-hydrogen) atoms. The number of carbonyl (C=O) groups excluding carboxylic acids is 3. The molecule has 2 aliphatic rings. The fraction of sp³-hybridized carbons (Fsp3) is 0.629. The molecule has 0 aromatic rings. The minimum Gasteiger partial charge on any atom is -0.874 e. The molecule has 0 saturated heterocycles. The van der Waals surface area contributed by atoms with Gasteiger partial charge in [0, 0.05) is 11.3 Å². The first-order chi connectivity index (χ1) is 18.0. The highest BCUT2D eigenvalue weighted by molar-refractivity contribution is 6.33. The second kappa shape index (κ2) is 12.4. The van der Waals surface area contributed by atoms with Crippen LogP contribution in [-0.2, 0) is 14.4 Å². The van der Waals surface area contributed by atoms with Crippen molar-refractivity contribution < 1.29 is 19.5 Å². The van der Waals surface area contributed by atoms with Crippen LogP contribution in [0.25, 0.3) is 0 Å². The predicted molar refractivity (Wildman–Crippen MR) is 159 cm³/mol. The molecule has 0 aromatic heterocycles. The number of hydrogen-bond acceptors (Lipinski definition) is 4. The van der Waals surface area contributed by atoms with Crippen LogP contribution in [0.1, 0.15) is 115 Å². The summed E-state index contributed by atoms with van der Waals surface area (Å²) in [5.41, 5.74) is 0.212. The first-order valence-electron chi connectivity index (χ1n) is 14.6. The maximum Gasteiger partial charge on any atom is 0.179 e. The highest BCUT2D eigenvalue weighted by atomic mass is 16.3. The van der Waals surface area contributed by atoms with E-state index >= 15 is 0 Å². The van der Waals surface area contributed by atoms with Crippen LogP contribution in [0.2, 0.25) is 0 Å². The Hall–Kier alpha value is -2.49. The highest BCUT2D eigenvalue weighted by Gasteiger charge is 2.74. The zero-order valence-electron chi connectivity index (χ0n) is 26.3. The molecule has 2 rings (SSSR count). The topological polar surface area (TPSA) is 74.3 Å². The van der Waals surface area contributed by atoms with Crippen LogP contribution >= 0.6 is 0 Å². The van der Waals surface area contributed by atoms with Crippen LogP contribution in [0, 0.1) is 28.1 Å². The third-order valence-corrected chi connectivity index (χ3v) is 8.95. The van der Waals surface area contributed by atoms with Gasteiger partial charge < -0.3 is 5.11 Å². The number of allylic oxidation sites excluding steroid dienone is 10. The molecule has 4 atom stereocenters. The summed E-state index contributed by atoms with van der Waals surface area (Å²) in [6.45, 7) is 21.4. The summed E-state index contributed by atoms with van der Waals surface area (Å²) >= 11 is 0. The standard InChI is InChI=1S/C35H52O4/c1-22(2)13-12-19-33(11)27(16-14-23(3)4)21-34(20-18-25(7)8)30(37)28(17-15-24(5)6)31(38)35(33,32(34)39)29(36)26(9)10/h13-15,18,26-27,37H,12,16-17,19-21H2,1-11H3/p-1/t27?,33-,34-,35+/m1/s1. The predicted octanol–water partition coefficient (Wildman–Crippen LogP) is 7.79. The van der Waals surface area contributed by atoms with Crippen LogP contribution in [0.5, 0.6) is 0 Å². The number of fused-ring (bicyclic) bond motifs is 2. The van der Waals surface area contributed by atoms with Crippen LogP contribution in [0.15, 0.2) is 57.9 Å². The Bertz CT molecular complexity index is 1140. The quantitative estimate of drug-likeness (QED) is 0.200. The van der Waals surface area contributed by atoms with Crippen LogP contribution in [0.4, 0.5) is 0 Å². The van der Waals surface area contributed by atoms with E-state index in [1.807, 2.05) is 74.5 Å². The molecule has 1 fully saturated rings. The van der Waals surface area contributed by atoms with E-state index in [1.165, 1.54) is 0 Å². The lowest BCUT2D eigenvalue weighted by Crippen LogP contribution is -2.71. The van der Waals surface area contributed by atoms with Gasteiger partial charge in [-0.15, -0.1) is 5.76 Å². The molecule has 2 bridgehead atoms. The van der Waals surface area contributed by atoms with E-state index in [4.69, 9.17) is 0 Å². The maximum absolute atomic E-state index is 15.0. The van der Waals surface area contributed by atoms with Gasteiger partial charge in [-0.2, -0.15) is 0 Å². The molecule has 1 saturated carbocycles. The van der Waals surface area contributed by atoms with Gasteiger partial charge in [-0.1, -0.05) is 67.4 Å². The van der Waals surface area contributed by atoms with Crippen molar-refractivity contribution in [2.24, 2.45) is 28.1 Å². The van der Waals surface area contributed by atoms with Gasteiger partial charge >= 0.3 is 0 Å². The normalized spacial score (nSPS) is 28.3. The molecule has 0 heterocycles. The summed E-state index contributed by atoms with van der Waals surface area (Å²) in [5, 5.41) is 14.4. The van der Waals surface area contributed by atoms with E-state index in [0.717, 1.165) is 22.3 Å². The molecule has 4 heteroatoms. The average Bonchev–Trinajstić information content (AvgIpc) is 2.81. The highest BCUT2D eigenvalue weighted by Crippen LogP contribution is 2.67. The minimum absolute atomic E-state index is 0.126. The molecule has 0 amide bonds. The van der Waals surface area contributed by atoms with Crippen molar-refractivity contribution in [3.05, 3.63) is 57.9 Å². The van der Waals surface area contributed by atoms with Crippen molar-refractivity contribution in [1.29, 1.82) is 0 Å². The van der Waals surface area contributed by atoms with Crippen molar-refractivity contribution in [1.82, 2.24) is 0 Å². The van der Waals surface area contributed by atoms with E-state index in [-0.39, 0.29) is 35.9 Å². The van der Waals surface area contributed by atoms with Gasteiger partial charge in [-0.25, -0.2) is 0 Å². The smallest absolute Gasteiger partial charge is 0.179 e. The first-order valence-corrected chi connectivity index (χ1v) is 14.6. The molecule has 0 aromatic carbocycles. The van der Waals surface area contributed by atoms with Gasteiger partial charge in [0.2, 0.25) is 0 Å². The van der Waals surface area contributed by atoms with Gasteiger partial charge in [0.15, 0.2) is 22.8 Å². The van der Waals surface area contributed by atoms with Crippen LogP contribution in [0.3, 0.4) is 0 Å². The molecular weight excluding hydrogens is 484 g/mol. The second-order valence-corrected chi connectivity index (χ2v) is 13.4. The van der Waals surface area contributed by atoms with E-state index in [0.29, 0.717) is 25.7 Å². The lowest BCUT2D eigenvalue weighted by Gasteiger charge is -2.63. The molecule has 4 nitrogen and oxygen atoms in total. The number of Topliss-reactive ketones (excluding diaryl/α,β-unsaturated/α-hetero) is 3. The molecular formula is C35H51O4-. The molecule has 0 radical (unpaired) electrons. The Morgan fingerprint density at radius 3 is 1.92 bits per heavy atom. The van der Waals surface area contributed by atoms with Crippen LogP contribution in [-0.4, -0.2) is 17.3 Å². The zero-order chi connectivity index (χ0) is 29.9. The van der Waals surface area contributed by atoms with Gasteiger partial charge in [0.25, 0.3) is 0 Å². The minimum atomic E-state index is -1.87. The Labute approximate surface area is 237 Å². The summed E-state index contributed by atoms with van der Waals surface area (Å²) in [6, 6.07) is 0. The number of rotatable bonds is 11. The van der Waals surface area contributed by atoms with Gasteiger partial charge in [0.1, 0.15) is 0 Å². The zero-order valence-corrected chi connectivity index (χ0v) is 26.3. The third-order valence-electron chi connectivity index (χ3n) is 8.95. The number of hydrogen-bond donors (Lipinski definition) is 0. The van der Waals surface area contributed by atoms with Crippen molar-refractivity contribution in [3.63, 3.8) is 0 Å². The average molecular weight is 536 g/mol. The SMILES string of the molecule is CC(C)=CCC[C@]1(C)C(CC=C(C)C)C[C@@]2(CC=C(C)C)C(=O)[C@]1(C(=O)C(C)C)C(=O)C(CC=C(C)C)=C2[O-]. The van der Waals surface area contributed by atoms with Crippen molar-refractivity contribution >= 4 is 17.3 Å². The van der Waals surface area contributed by atoms with E-state index in [9.17, 15) is 19.5 Å². The van der Waals surface area contributed by atoms with Gasteiger partial charge in [-0.05, 0) is 111 Å². The molecule has 0 N–H and O–H groups in total. The summed E-state index contributed by atoms with van der Waals surface area (Å²) in [7, 11) is 0. The lowest BCUT2D eigenvalue weighted by molar-refractivity contribution is -0.330. The van der Waals surface area contributed by atoms with E-state index < -0.39 is 33.7 Å². The fourth-order valence-electron chi connectivity index (χ4n) is 6.69. The molecule has 0 spiro atoms. The molecule has 2 aliphatic carbocycles. The van der Waals surface area contributed by atoms with E-state index in [2.05, 4.69) is 12.2 Å². The number of carbonyl (C=O) groups is 3. The van der Waals surface area contributed by atoms with Gasteiger partial charge in [-0.3, -0.25) is 14.4 Å². The summed E-state index contributed by atoms with van der Waals surface area (Å²) in [6.07, 6.45) is 10.6. The van der Waals surface area contributed by atoms with E-state index in [1.54, 1.807) is 13.8 Å². The second-order valence-electron chi connectivity index (χ2n) is 13.4. The monoisotopic (exact) mass is 535 g/mol. The van der Waals surface area contributed by atoms with Gasteiger partial charge in [0.05, 0.1) is 0 Å². The third kappa shape index (κ3) is 5.86.